The van der Waals surface area contributed by atoms with E-state index in [1.807, 2.05) is 30.3 Å². The molecule has 8 heteroatoms. The molecule has 0 amide bonds. The maximum Gasteiger partial charge on any atom is 0.337 e. The van der Waals surface area contributed by atoms with Crippen LogP contribution in [0.3, 0.4) is 0 Å². The number of aromatic nitrogens is 2. The van der Waals surface area contributed by atoms with Gasteiger partial charge in [-0.25, -0.2) is 9.59 Å². The van der Waals surface area contributed by atoms with E-state index >= 15 is 0 Å². The van der Waals surface area contributed by atoms with Crippen LogP contribution in [0, 0.1) is 0 Å². The molecule has 0 aliphatic carbocycles. The average Bonchev–Trinajstić information content (AvgIpc) is 3.13. The highest BCUT2D eigenvalue weighted by molar-refractivity contribution is 5.89. The number of methoxy groups -OCH3 is 1. The van der Waals surface area contributed by atoms with E-state index in [1.165, 1.54) is 22.8 Å². The molecule has 47 heavy (non-hydrogen) atoms. The van der Waals surface area contributed by atoms with Gasteiger partial charge >= 0.3 is 11.7 Å². The van der Waals surface area contributed by atoms with Crippen molar-refractivity contribution in [2.24, 2.45) is 0 Å². The number of hydrogen-bond donors (Lipinski definition) is 0. The summed E-state index contributed by atoms with van der Waals surface area (Å²) >= 11 is 0. The lowest BCUT2D eigenvalue weighted by atomic mass is 10.00. The van der Waals surface area contributed by atoms with Gasteiger partial charge in [0.2, 0.25) is 0 Å². The normalized spacial score (nSPS) is 14.1. The van der Waals surface area contributed by atoms with Crippen molar-refractivity contribution in [2.45, 2.75) is 51.0 Å². The Morgan fingerprint density at radius 1 is 0.745 bits per heavy atom. The minimum absolute atomic E-state index is 0.0791. The highest BCUT2D eigenvalue weighted by Crippen LogP contribution is 2.30. The standard InChI is InChI=1S/C39H41N3O5/c1-46-38(44)32-20-18-29(19-21-32)28-42-37(43)34-16-8-9-17-35(34)41(39(42)45)25-11-10-24-40-26-22-33(23-27-40)47-36(30-12-4-2-5-13-30)31-14-6-3-7-15-31/h2-9,12-21,33,36H,10-11,22-28H2,1H3. The zero-order valence-corrected chi connectivity index (χ0v) is 26.8. The predicted octanol–water partition coefficient (Wildman–Crippen LogP) is 6.05. The highest BCUT2D eigenvalue weighted by atomic mass is 16.5. The third-order valence-corrected chi connectivity index (χ3v) is 9.02. The van der Waals surface area contributed by atoms with E-state index in [0.717, 1.165) is 50.9 Å². The van der Waals surface area contributed by atoms with E-state index in [2.05, 4.69) is 53.4 Å². The summed E-state index contributed by atoms with van der Waals surface area (Å²) < 4.78 is 14.5. The second-order valence-electron chi connectivity index (χ2n) is 12.1. The quantitative estimate of drug-likeness (QED) is 0.123. The monoisotopic (exact) mass is 631 g/mol. The summed E-state index contributed by atoms with van der Waals surface area (Å²) in [6, 6.07) is 35.0. The molecule has 2 heterocycles. The SMILES string of the molecule is COC(=O)c1ccc(Cn2c(=O)c3ccccc3n(CCCCN3CCC(OC(c4ccccc4)c4ccccc4)CC3)c2=O)cc1. The Hall–Kier alpha value is -4.79. The minimum atomic E-state index is -0.431. The molecule has 0 atom stereocenters. The third-order valence-electron chi connectivity index (χ3n) is 9.02. The summed E-state index contributed by atoms with van der Waals surface area (Å²) in [5.74, 6) is -0.431. The van der Waals surface area contributed by atoms with E-state index in [1.54, 1.807) is 34.9 Å². The van der Waals surface area contributed by atoms with Gasteiger partial charge in [-0.05, 0) is 73.2 Å². The number of carbonyl (C=O) groups excluding carboxylic acids is 1. The van der Waals surface area contributed by atoms with Crippen molar-refractivity contribution in [3.05, 3.63) is 152 Å². The Labute approximate surface area is 274 Å². The largest absolute Gasteiger partial charge is 0.465 e. The molecule has 0 radical (unpaired) electrons. The van der Waals surface area contributed by atoms with Crippen LogP contribution in [0.25, 0.3) is 10.9 Å². The van der Waals surface area contributed by atoms with Crippen LogP contribution in [0.1, 0.15) is 58.8 Å². The Bertz CT molecular complexity index is 1850. The van der Waals surface area contributed by atoms with Crippen LogP contribution in [0.15, 0.2) is 119 Å². The molecule has 1 fully saturated rings. The number of aryl methyl sites for hydroxylation is 1. The van der Waals surface area contributed by atoms with E-state index in [4.69, 9.17) is 9.47 Å². The summed E-state index contributed by atoms with van der Waals surface area (Å²) in [6.45, 7) is 3.55. The molecule has 0 N–H and O–H groups in total. The van der Waals surface area contributed by atoms with Crippen LogP contribution in [-0.4, -0.2) is 52.9 Å². The summed E-state index contributed by atoms with van der Waals surface area (Å²) in [5.41, 5.74) is 3.54. The van der Waals surface area contributed by atoms with Crippen molar-refractivity contribution >= 4 is 16.9 Å². The van der Waals surface area contributed by atoms with Crippen molar-refractivity contribution in [3.8, 4) is 0 Å². The highest BCUT2D eigenvalue weighted by Gasteiger charge is 2.24. The van der Waals surface area contributed by atoms with E-state index in [0.29, 0.717) is 23.0 Å². The molecule has 1 aromatic heterocycles. The van der Waals surface area contributed by atoms with Gasteiger partial charge in [0.25, 0.3) is 5.56 Å². The molecule has 0 bridgehead atoms. The Kier molecular flexibility index (Phi) is 10.4. The summed E-state index contributed by atoms with van der Waals surface area (Å²) in [6.07, 6.45) is 3.83. The second kappa shape index (κ2) is 15.2. The first-order valence-electron chi connectivity index (χ1n) is 16.4. The lowest BCUT2D eigenvalue weighted by molar-refractivity contribution is -0.0271. The van der Waals surface area contributed by atoms with Gasteiger partial charge in [-0.3, -0.25) is 13.9 Å². The van der Waals surface area contributed by atoms with Gasteiger partial charge in [-0.15, -0.1) is 0 Å². The Morgan fingerprint density at radius 3 is 1.98 bits per heavy atom. The molecular weight excluding hydrogens is 590 g/mol. The summed E-state index contributed by atoms with van der Waals surface area (Å²) in [7, 11) is 1.33. The maximum atomic E-state index is 13.7. The van der Waals surface area contributed by atoms with Gasteiger partial charge in [0.1, 0.15) is 6.10 Å². The van der Waals surface area contributed by atoms with Crippen molar-refractivity contribution < 1.29 is 14.3 Å². The number of unbranched alkanes of at least 4 members (excludes halogenated alkanes) is 1. The predicted molar refractivity (Wildman–Crippen MR) is 184 cm³/mol. The number of para-hydroxylation sites is 1. The second-order valence-corrected chi connectivity index (χ2v) is 12.1. The van der Waals surface area contributed by atoms with Crippen LogP contribution in [0.2, 0.25) is 0 Å². The van der Waals surface area contributed by atoms with Gasteiger partial charge in [0, 0.05) is 19.6 Å². The van der Waals surface area contributed by atoms with Gasteiger partial charge in [0.15, 0.2) is 0 Å². The molecule has 4 aromatic carbocycles. The van der Waals surface area contributed by atoms with E-state index < -0.39 is 5.97 Å². The lowest BCUT2D eigenvalue weighted by Crippen LogP contribution is -2.40. The van der Waals surface area contributed by atoms with Crippen molar-refractivity contribution in [1.29, 1.82) is 0 Å². The fourth-order valence-corrected chi connectivity index (χ4v) is 6.45. The molecule has 8 nitrogen and oxygen atoms in total. The van der Waals surface area contributed by atoms with E-state index in [9.17, 15) is 14.4 Å². The van der Waals surface area contributed by atoms with E-state index in [-0.39, 0.29) is 30.0 Å². The number of carbonyl (C=O) groups is 1. The van der Waals surface area contributed by atoms with Gasteiger partial charge in [-0.2, -0.15) is 0 Å². The Balaban J connectivity index is 1.06. The van der Waals surface area contributed by atoms with Crippen LogP contribution in [-0.2, 0) is 22.6 Å². The molecule has 5 aromatic rings. The van der Waals surface area contributed by atoms with Crippen molar-refractivity contribution in [2.75, 3.05) is 26.7 Å². The van der Waals surface area contributed by atoms with Gasteiger partial charge in [-0.1, -0.05) is 84.9 Å². The first-order valence-corrected chi connectivity index (χ1v) is 16.4. The number of likely N-dealkylation sites (tertiary alicyclic amines) is 1. The maximum absolute atomic E-state index is 13.7. The molecule has 0 unspecified atom stereocenters. The van der Waals surface area contributed by atoms with Crippen LogP contribution in [0.5, 0.6) is 0 Å². The fourth-order valence-electron chi connectivity index (χ4n) is 6.45. The number of rotatable bonds is 12. The number of piperidine rings is 1. The minimum Gasteiger partial charge on any atom is -0.465 e. The molecule has 1 aliphatic rings. The summed E-state index contributed by atoms with van der Waals surface area (Å²) in [4.78, 5) is 41.4. The number of ether oxygens (including phenoxy) is 2. The zero-order valence-electron chi connectivity index (χ0n) is 26.8. The molecular formula is C39H41N3O5. The molecule has 0 spiro atoms. The molecule has 6 rings (SSSR count). The fraction of sp³-hybridized carbons (Fsp3) is 0.308. The van der Waals surface area contributed by atoms with Gasteiger partial charge in [0.05, 0.1) is 36.2 Å². The number of fused-ring (bicyclic) bond motifs is 1. The Morgan fingerprint density at radius 2 is 1.34 bits per heavy atom. The van der Waals surface area contributed by atoms with Crippen molar-refractivity contribution in [3.63, 3.8) is 0 Å². The molecule has 242 valence electrons. The molecule has 1 saturated heterocycles. The summed E-state index contributed by atoms with van der Waals surface area (Å²) in [5, 5.41) is 0.518. The number of esters is 1. The smallest absolute Gasteiger partial charge is 0.337 e. The van der Waals surface area contributed by atoms with Crippen LogP contribution < -0.4 is 11.2 Å². The first-order chi connectivity index (χ1) is 23.0. The third kappa shape index (κ3) is 7.62. The zero-order chi connectivity index (χ0) is 32.6. The molecule has 0 saturated carbocycles. The topological polar surface area (TPSA) is 82.8 Å². The number of hydrogen-bond acceptors (Lipinski definition) is 6. The first kappa shape index (κ1) is 32.2. The number of nitrogens with zero attached hydrogens (tertiary/aromatic N) is 3. The lowest BCUT2D eigenvalue weighted by Gasteiger charge is -2.34. The van der Waals surface area contributed by atoms with Gasteiger partial charge < -0.3 is 14.4 Å². The molecule has 1 aliphatic heterocycles. The van der Waals surface area contributed by atoms with Crippen molar-refractivity contribution in [1.82, 2.24) is 14.0 Å². The number of benzene rings is 4. The van der Waals surface area contributed by atoms with Crippen LogP contribution >= 0.6 is 0 Å². The average molecular weight is 632 g/mol. The van der Waals surface area contributed by atoms with Crippen LogP contribution in [0.4, 0.5) is 0 Å².